The molecule has 2 aromatic rings. The molecule has 1 aliphatic heterocycles. The van der Waals surface area contributed by atoms with Gasteiger partial charge in [-0.15, -0.1) is 0 Å². The molecular weight excluding hydrogens is 502 g/mol. The second-order valence-corrected chi connectivity index (χ2v) is 8.66. The van der Waals surface area contributed by atoms with Crippen LogP contribution in [0.4, 0.5) is 0 Å². The van der Waals surface area contributed by atoms with Crippen LogP contribution in [0.15, 0.2) is 22.2 Å². The van der Waals surface area contributed by atoms with E-state index >= 15 is 0 Å². The third kappa shape index (κ3) is 4.07. The molecule has 152 valence electrons. The van der Waals surface area contributed by atoms with Gasteiger partial charge < -0.3 is 14.5 Å². The van der Waals surface area contributed by atoms with Crippen LogP contribution in [-0.4, -0.2) is 22.0 Å². The van der Waals surface area contributed by atoms with Crippen molar-refractivity contribution in [2.45, 2.75) is 25.5 Å². The van der Waals surface area contributed by atoms with E-state index < -0.39 is 0 Å². The van der Waals surface area contributed by atoms with E-state index in [1.165, 1.54) is 0 Å². The lowest BCUT2D eigenvalue weighted by Crippen LogP contribution is -2.32. The topological polar surface area (TPSA) is 54.7 Å². The zero-order chi connectivity index (χ0) is 20.9. The number of nitrogens with zero attached hydrogens (tertiary/aromatic N) is 1. The minimum atomic E-state index is -0.157. The lowest BCUT2D eigenvalue weighted by Gasteiger charge is -2.12. The zero-order valence-electron chi connectivity index (χ0n) is 14.4. The summed E-state index contributed by atoms with van der Waals surface area (Å²) in [6.45, 7) is 0.00485. The van der Waals surface area contributed by atoms with Crippen molar-refractivity contribution in [2.24, 2.45) is 0 Å². The number of nitrogens with one attached hydrogen (secondary N) is 1. The standard InChI is InChI=1S/C18H11Cl5N2O3S/c19-11-12(20)14(22)16(15(23)13(11)21)27-6-9-4-3-8(28-9)5-10-17(26)25(7-1-2-7)18(29)24-10/h3-5,7H,1-2,6H2,(H,24,29)/b10-5+. The Bertz CT molecular complexity index is 1040. The van der Waals surface area contributed by atoms with E-state index in [0.29, 0.717) is 22.3 Å². The van der Waals surface area contributed by atoms with Crippen LogP contribution in [0, 0.1) is 0 Å². The average molecular weight is 513 g/mol. The molecule has 2 aliphatic rings. The number of carbonyl (C=O) groups excluding carboxylic acids is 1. The highest BCUT2D eigenvalue weighted by Gasteiger charge is 2.41. The molecular formula is C18H11Cl5N2O3S. The molecule has 1 saturated carbocycles. The van der Waals surface area contributed by atoms with E-state index in [0.717, 1.165) is 12.8 Å². The summed E-state index contributed by atoms with van der Waals surface area (Å²) in [4.78, 5) is 14.1. The van der Waals surface area contributed by atoms with Crippen LogP contribution in [0.1, 0.15) is 24.4 Å². The Hall–Kier alpha value is -1.15. The summed E-state index contributed by atoms with van der Waals surface area (Å²) in [5, 5.41) is 3.58. The van der Waals surface area contributed by atoms with Crippen LogP contribution in [0.5, 0.6) is 5.75 Å². The SMILES string of the molecule is O=C1/C(=C\c2ccc(COc3c(Cl)c(Cl)c(Cl)c(Cl)c3Cl)o2)NC(=S)N1C1CC1. The summed E-state index contributed by atoms with van der Waals surface area (Å²) >= 11 is 35.5. The van der Waals surface area contributed by atoms with Gasteiger partial charge in [-0.25, -0.2) is 0 Å². The second kappa shape index (κ2) is 8.17. The minimum absolute atomic E-state index is 0.00485. The molecule has 11 heteroatoms. The Morgan fingerprint density at radius 1 is 1.10 bits per heavy atom. The first-order valence-electron chi connectivity index (χ1n) is 8.37. The summed E-state index contributed by atoms with van der Waals surface area (Å²) in [5.41, 5.74) is 0.367. The highest BCUT2D eigenvalue weighted by molar-refractivity contribution is 7.80. The summed E-state index contributed by atoms with van der Waals surface area (Å²) in [6.07, 6.45) is 3.52. The number of thiocarbonyl (C=S) groups is 1. The van der Waals surface area contributed by atoms with Crippen LogP contribution in [0.2, 0.25) is 25.1 Å². The number of hydrogen-bond donors (Lipinski definition) is 1. The smallest absolute Gasteiger partial charge is 0.276 e. The van der Waals surface area contributed by atoms with Crippen molar-refractivity contribution in [3.63, 3.8) is 0 Å². The number of rotatable bonds is 5. The number of halogens is 5. The van der Waals surface area contributed by atoms with Gasteiger partial charge in [0.1, 0.15) is 33.9 Å². The molecule has 1 aliphatic carbocycles. The quantitative estimate of drug-likeness (QED) is 0.219. The zero-order valence-corrected chi connectivity index (χ0v) is 19.0. The van der Waals surface area contributed by atoms with Crippen molar-refractivity contribution < 1.29 is 13.9 Å². The van der Waals surface area contributed by atoms with Crippen LogP contribution < -0.4 is 10.1 Å². The summed E-state index contributed by atoms with van der Waals surface area (Å²) in [6, 6.07) is 3.60. The molecule has 29 heavy (non-hydrogen) atoms. The fraction of sp³-hybridized carbons (Fsp3) is 0.222. The van der Waals surface area contributed by atoms with Gasteiger partial charge in [0.15, 0.2) is 10.9 Å². The number of ether oxygens (including phenoxy) is 1. The fourth-order valence-electron chi connectivity index (χ4n) is 2.76. The van der Waals surface area contributed by atoms with Gasteiger partial charge in [0.25, 0.3) is 5.91 Å². The minimum Gasteiger partial charge on any atom is -0.482 e. The molecule has 1 N–H and O–H groups in total. The Morgan fingerprint density at radius 2 is 1.72 bits per heavy atom. The number of carbonyl (C=O) groups is 1. The Morgan fingerprint density at radius 3 is 2.34 bits per heavy atom. The van der Waals surface area contributed by atoms with Crippen molar-refractivity contribution in [3.05, 3.63) is 54.5 Å². The number of hydrogen-bond acceptors (Lipinski definition) is 4. The van der Waals surface area contributed by atoms with Crippen LogP contribution in [-0.2, 0) is 11.4 Å². The molecule has 0 bridgehead atoms. The van der Waals surface area contributed by atoms with Gasteiger partial charge in [0.2, 0.25) is 0 Å². The van der Waals surface area contributed by atoms with Crippen LogP contribution in [0.3, 0.4) is 0 Å². The largest absolute Gasteiger partial charge is 0.482 e. The predicted molar refractivity (Wildman–Crippen MR) is 118 cm³/mol. The lowest BCUT2D eigenvalue weighted by atomic mass is 10.3. The van der Waals surface area contributed by atoms with E-state index in [9.17, 15) is 4.79 Å². The third-order valence-electron chi connectivity index (χ3n) is 4.32. The molecule has 0 radical (unpaired) electrons. The van der Waals surface area contributed by atoms with Crippen molar-refractivity contribution >= 4 is 87.3 Å². The molecule has 4 rings (SSSR count). The molecule has 0 atom stereocenters. The summed E-state index contributed by atoms with van der Waals surface area (Å²) in [5.74, 6) is 0.875. The van der Waals surface area contributed by atoms with Gasteiger partial charge in [-0.1, -0.05) is 58.0 Å². The van der Waals surface area contributed by atoms with Crippen LogP contribution in [0.25, 0.3) is 6.08 Å². The molecule has 1 aromatic carbocycles. The Balaban J connectivity index is 1.49. The highest BCUT2D eigenvalue weighted by atomic mass is 35.5. The summed E-state index contributed by atoms with van der Waals surface area (Å²) < 4.78 is 11.3. The number of amides is 1. The van der Waals surface area contributed by atoms with Crippen molar-refractivity contribution in [1.82, 2.24) is 10.2 Å². The van der Waals surface area contributed by atoms with E-state index in [4.69, 9.17) is 79.4 Å². The first-order valence-corrected chi connectivity index (χ1v) is 10.7. The van der Waals surface area contributed by atoms with E-state index in [2.05, 4.69) is 5.32 Å². The van der Waals surface area contributed by atoms with Gasteiger partial charge in [-0.3, -0.25) is 9.69 Å². The van der Waals surface area contributed by atoms with Crippen LogP contribution >= 0.6 is 70.2 Å². The van der Waals surface area contributed by atoms with Crippen molar-refractivity contribution in [2.75, 3.05) is 0 Å². The highest BCUT2D eigenvalue weighted by Crippen LogP contribution is 2.48. The normalized spacial score (nSPS) is 18.0. The molecule has 2 heterocycles. The lowest BCUT2D eigenvalue weighted by molar-refractivity contribution is -0.122. The molecule has 2 fully saturated rings. The predicted octanol–water partition coefficient (Wildman–Crippen LogP) is 6.35. The molecule has 1 aromatic heterocycles. The van der Waals surface area contributed by atoms with Crippen molar-refractivity contribution in [3.8, 4) is 5.75 Å². The van der Waals surface area contributed by atoms with E-state index in [-0.39, 0.29) is 49.4 Å². The van der Waals surface area contributed by atoms with Gasteiger partial charge in [-0.05, 0) is 37.2 Å². The van der Waals surface area contributed by atoms with E-state index in [1.807, 2.05) is 0 Å². The maximum absolute atomic E-state index is 12.5. The maximum atomic E-state index is 12.5. The van der Waals surface area contributed by atoms with Gasteiger partial charge in [0, 0.05) is 12.1 Å². The third-order valence-corrected chi connectivity index (χ3v) is 6.86. The van der Waals surface area contributed by atoms with Gasteiger partial charge in [-0.2, -0.15) is 0 Å². The Labute approximate surface area is 196 Å². The first-order chi connectivity index (χ1) is 13.8. The molecule has 5 nitrogen and oxygen atoms in total. The maximum Gasteiger partial charge on any atom is 0.276 e. The molecule has 1 amide bonds. The second-order valence-electron chi connectivity index (χ2n) is 6.39. The fourth-order valence-corrected chi connectivity index (χ4v) is 4.33. The molecule has 0 unspecified atom stereocenters. The Kier molecular flexibility index (Phi) is 5.95. The van der Waals surface area contributed by atoms with E-state index in [1.54, 1.807) is 23.1 Å². The molecule has 0 spiro atoms. The number of benzene rings is 1. The number of furan rings is 1. The van der Waals surface area contributed by atoms with Gasteiger partial charge >= 0.3 is 0 Å². The van der Waals surface area contributed by atoms with Gasteiger partial charge in [0.05, 0.1) is 15.1 Å². The summed E-state index contributed by atoms with van der Waals surface area (Å²) in [7, 11) is 0. The first kappa shape index (κ1) is 21.1. The molecule has 1 saturated heterocycles. The average Bonchev–Trinajstić information content (AvgIpc) is 3.35. The monoisotopic (exact) mass is 510 g/mol. The van der Waals surface area contributed by atoms with Crippen molar-refractivity contribution in [1.29, 1.82) is 0 Å².